The van der Waals surface area contributed by atoms with Crippen LogP contribution in [0.5, 0.6) is 0 Å². The Hall–Kier alpha value is -2.67. The minimum absolute atomic E-state index is 0.0530. The van der Waals surface area contributed by atoms with Crippen molar-refractivity contribution in [2.24, 2.45) is 0 Å². The first kappa shape index (κ1) is 20.6. The van der Waals surface area contributed by atoms with Crippen molar-refractivity contribution >= 4 is 50.7 Å². The number of hydrogen-bond donors (Lipinski definition) is 1. The number of amides is 1. The fourth-order valence-electron chi connectivity index (χ4n) is 2.90. The van der Waals surface area contributed by atoms with E-state index in [4.69, 9.17) is 23.2 Å². The number of rotatable bonds is 4. The molecule has 3 aromatic carbocycles. The first-order valence-electron chi connectivity index (χ1n) is 8.97. The maximum atomic E-state index is 12.9. The highest BCUT2D eigenvalue weighted by Crippen LogP contribution is 2.25. The summed E-state index contributed by atoms with van der Waals surface area (Å²) in [7, 11) is 0. The number of nitrogens with zero attached hydrogens (tertiary/aromatic N) is 3. The van der Waals surface area contributed by atoms with Gasteiger partial charge in [-0.1, -0.05) is 39.1 Å². The van der Waals surface area contributed by atoms with Crippen molar-refractivity contribution in [2.45, 2.75) is 6.92 Å². The molecular weight excluding hydrogens is 487 g/mol. The molecule has 8 heteroatoms. The van der Waals surface area contributed by atoms with E-state index in [9.17, 15) is 4.79 Å². The predicted molar refractivity (Wildman–Crippen MR) is 124 cm³/mol. The van der Waals surface area contributed by atoms with Gasteiger partial charge in [0.15, 0.2) is 5.82 Å². The average Bonchev–Trinajstić information content (AvgIpc) is 3.17. The van der Waals surface area contributed by atoms with E-state index in [2.05, 4.69) is 31.3 Å². The van der Waals surface area contributed by atoms with Crippen LogP contribution in [0.1, 0.15) is 16.2 Å². The highest BCUT2D eigenvalue weighted by Gasteiger charge is 2.19. The quantitative estimate of drug-likeness (QED) is 0.344. The lowest BCUT2D eigenvalue weighted by atomic mass is 10.2. The molecule has 0 fully saturated rings. The number of carbonyl (C=O) groups excluding carboxylic acids is 1. The van der Waals surface area contributed by atoms with Gasteiger partial charge in [-0.2, -0.15) is 0 Å². The van der Waals surface area contributed by atoms with Crippen LogP contribution in [-0.4, -0.2) is 20.7 Å². The molecule has 0 saturated carbocycles. The van der Waals surface area contributed by atoms with E-state index < -0.39 is 5.91 Å². The van der Waals surface area contributed by atoms with Gasteiger partial charge in [0.2, 0.25) is 5.82 Å². The number of anilines is 1. The van der Waals surface area contributed by atoms with E-state index >= 15 is 0 Å². The van der Waals surface area contributed by atoms with Crippen LogP contribution in [0.25, 0.3) is 17.1 Å². The normalized spacial score (nSPS) is 10.8. The monoisotopic (exact) mass is 500 g/mol. The van der Waals surface area contributed by atoms with Crippen molar-refractivity contribution in [2.75, 3.05) is 5.32 Å². The van der Waals surface area contributed by atoms with Gasteiger partial charge in [0.05, 0.1) is 5.69 Å². The Bertz CT molecular complexity index is 1160. The molecule has 0 spiro atoms. The number of hydrogen-bond acceptors (Lipinski definition) is 3. The molecule has 0 radical (unpaired) electrons. The third-order valence-corrected chi connectivity index (χ3v) is 5.42. The van der Waals surface area contributed by atoms with Crippen LogP contribution in [0, 0.1) is 6.92 Å². The largest absolute Gasteiger partial charge is 0.319 e. The Kier molecular flexibility index (Phi) is 5.90. The zero-order valence-corrected chi connectivity index (χ0v) is 18.8. The molecule has 0 aliphatic rings. The molecule has 1 heterocycles. The van der Waals surface area contributed by atoms with E-state index in [1.54, 1.807) is 28.9 Å². The minimum atomic E-state index is -0.400. The van der Waals surface area contributed by atoms with Crippen molar-refractivity contribution in [1.29, 1.82) is 0 Å². The molecule has 0 bridgehead atoms. The molecule has 0 aliphatic carbocycles. The summed E-state index contributed by atoms with van der Waals surface area (Å²) < 4.78 is 2.55. The van der Waals surface area contributed by atoms with Crippen LogP contribution in [0.4, 0.5) is 5.69 Å². The Labute approximate surface area is 191 Å². The highest BCUT2D eigenvalue weighted by atomic mass is 79.9. The van der Waals surface area contributed by atoms with Crippen molar-refractivity contribution in [3.8, 4) is 17.1 Å². The van der Waals surface area contributed by atoms with Crippen LogP contribution in [0.15, 0.2) is 71.2 Å². The maximum absolute atomic E-state index is 12.9. The SMILES string of the molecule is Cc1cc(Br)ccc1NC(=O)c1nc(-c2ccc(Cl)cc2)n(-c2ccc(Cl)cc2)n1. The van der Waals surface area contributed by atoms with E-state index in [-0.39, 0.29) is 5.82 Å². The topological polar surface area (TPSA) is 59.8 Å². The summed E-state index contributed by atoms with van der Waals surface area (Å²) in [6.07, 6.45) is 0. The van der Waals surface area contributed by atoms with Crippen molar-refractivity contribution in [1.82, 2.24) is 14.8 Å². The first-order valence-corrected chi connectivity index (χ1v) is 10.5. The standard InChI is InChI=1S/C22H15BrCl2N4O/c1-13-12-15(23)4-11-19(13)26-22(30)20-27-21(14-2-5-16(24)6-3-14)29(28-20)18-9-7-17(25)8-10-18/h2-12H,1H3,(H,26,30). The molecule has 4 aromatic rings. The Morgan fingerprint density at radius 2 is 1.60 bits per heavy atom. The maximum Gasteiger partial charge on any atom is 0.295 e. The van der Waals surface area contributed by atoms with Gasteiger partial charge in [-0.15, -0.1) is 5.10 Å². The van der Waals surface area contributed by atoms with Crippen molar-refractivity contribution in [3.63, 3.8) is 0 Å². The molecule has 0 atom stereocenters. The second kappa shape index (κ2) is 8.60. The summed E-state index contributed by atoms with van der Waals surface area (Å²) in [6.45, 7) is 1.92. The molecule has 30 heavy (non-hydrogen) atoms. The molecule has 1 amide bonds. The van der Waals surface area contributed by atoms with E-state index in [0.29, 0.717) is 21.6 Å². The van der Waals surface area contributed by atoms with Crippen LogP contribution in [0.2, 0.25) is 10.0 Å². The lowest BCUT2D eigenvalue weighted by molar-refractivity contribution is 0.101. The van der Waals surface area contributed by atoms with Crippen LogP contribution in [-0.2, 0) is 0 Å². The fourth-order valence-corrected chi connectivity index (χ4v) is 3.63. The Morgan fingerprint density at radius 1 is 0.967 bits per heavy atom. The first-order chi connectivity index (χ1) is 14.4. The number of nitrogens with one attached hydrogen (secondary N) is 1. The second-order valence-electron chi connectivity index (χ2n) is 6.57. The molecule has 0 aliphatic heterocycles. The zero-order chi connectivity index (χ0) is 21.3. The molecule has 1 N–H and O–H groups in total. The number of aromatic nitrogens is 3. The van der Waals surface area contributed by atoms with E-state index in [1.165, 1.54) is 0 Å². The average molecular weight is 502 g/mol. The molecule has 5 nitrogen and oxygen atoms in total. The van der Waals surface area contributed by atoms with Gasteiger partial charge in [-0.25, -0.2) is 9.67 Å². The summed E-state index contributed by atoms with van der Waals surface area (Å²) in [5.41, 5.74) is 3.13. The summed E-state index contributed by atoms with van der Waals surface area (Å²) in [5.74, 6) is 0.173. The molecule has 0 unspecified atom stereocenters. The number of halogens is 3. The van der Waals surface area contributed by atoms with Gasteiger partial charge in [0.1, 0.15) is 0 Å². The molecular formula is C22H15BrCl2N4O. The molecule has 4 rings (SSSR count). The predicted octanol–water partition coefficient (Wildman–Crippen LogP) is 6.56. The Balaban J connectivity index is 1.75. The van der Waals surface area contributed by atoms with Gasteiger partial charge in [0, 0.05) is 25.8 Å². The fraction of sp³-hybridized carbons (Fsp3) is 0.0455. The molecule has 0 saturated heterocycles. The van der Waals surface area contributed by atoms with Gasteiger partial charge in [-0.05, 0) is 79.2 Å². The van der Waals surface area contributed by atoms with Gasteiger partial charge in [-0.3, -0.25) is 4.79 Å². The minimum Gasteiger partial charge on any atom is -0.319 e. The van der Waals surface area contributed by atoms with Gasteiger partial charge >= 0.3 is 0 Å². The van der Waals surface area contributed by atoms with E-state index in [0.717, 1.165) is 21.3 Å². The number of carbonyl (C=O) groups is 1. The smallest absolute Gasteiger partial charge is 0.295 e. The lowest BCUT2D eigenvalue weighted by Crippen LogP contribution is -2.15. The van der Waals surface area contributed by atoms with Crippen LogP contribution < -0.4 is 5.32 Å². The van der Waals surface area contributed by atoms with Crippen LogP contribution >= 0.6 is 39.1 Å². The van der Waals surface area contributed by atoms with Crippen molar-refractivity contribution in [3.05, 3.63) is 92.6 Å². The Morgan fingerprint density at radius 3 is 2.23 bits per heavy atom. The summed E-state index contributed by atoms with van der Waals surface area (Å²) >= 11 is 15.5. The number of benzene rings is 3. The molecule has 1 aromatic heterocycles. The summed E-state index contributed by atoms with van der Waals surface area (Å²) in [5, 5.41) is 8.55. The highest BCUT2D eigenvalue weighted by molar-refractivity contribution is 9.10. The van der Waals surface area contributed by atoms with Gasteiger partial charge < -0.3 is 5.32 Å². The van der Waals surface area contributed by atoms with Crippen LogP contribution in [0.3, 0.4) is 0 Å². The van der Waals surface area contributed by atoms with Gasteiger partial charge in [0.25, 0.3) is 5.91 Å². The third-order valence-electron chi connectivity index (χ3n) is 4.42. The second-order valence-corrected chi connectivity index (χ2v) is 8.36. The third kappa shape index (κ3) is 4.41. The number of aryl methyl sites for hydroxylation is 1. The van der Waals surface area contributed by atoms with Crippen molar-refractivity contribution < 1.29 is 4.79 Å². The molecule has 150 valence electrons. The lowest BCUT2D eigenvalue weighted by Gasteiger charge is -2.07. The zero-order valence-electron chi connectivity index (χ0n) is 15.7. The summed E-state index contributed by atoms with van der Waals surface area (Å²) in [6, 6.07) is 20.0. The van der Waals surface area contributed by atoms with E-state index in [1.807, 2.05) is 49.4 Å². The summed E-state index contributed by atoms with van der Waals surface area (Å²) in [4.78, 5) is 17.4.